The molecule has 1 aliphatic rings. The molecule has 0 spiro atoms. The molecule has 0 atom stereocenters. The predicted octanol–water partition coefficient (Wildman–Crippen LogP) is 0.414. The Kier molecular flexibility index (Phi) is 1.44. The Balaban J connectivity index is 2.27. The monoisotopic (exact) mass is 136 g/mol. The van der Waals surface area contributed by atoms with Crippen molar-refractivity contribution in [2.75, 3.05) is 27.2 Å². The number of hydrogen-bond donors (Lipinski definition) is 0. The van der Waals surface area contributed by atoms with Crippen LogP contribution in [0.4, 0.5) is 8.78 Å². The summed E-state index contributed by atoms with van der Waals surface area (Å²) in [4.78, 5) is 0. The third-order valence-electron chi connectivity index (χ3n) is 1.39. The Labute approximate surface area is 53.0 Å². The van der Waals surface area contributed by atoms with E-state index < -0.39 is 5.92 Å². The minimum atomic E-state index is -2.44. The van der Waals surface area contributed by atoms with Crippen LogP contribution in [0.2, 0.25) is 0 Å². The zero-order valence-corrected chi connectivity index (χ0v) is 5.56. The summed E-state index contributed by atoms with van der Waals surface area (Å²) in [6.45, 7) is -0.250. The molecule has 1 fully saturated rings. The van der Waals surface area contributed by atoms with Crippen molar-refractivity contribution < 1.29 is 8.78 Å². The minimum absolute atomic E-state index is 0.125. The summed E-state index contributed by atoms with van der Waals surface area (Å²) < 4.78 is 24.2. The largest absolute Gasteiger partial charge is 0.275 e. The van der Waals surface area contributed by atoms with Crippen LogP contribution in [0.3, 0.4) is 0 Å². The molecular formula is C5H10F2N2. The quantitative estimate of drug-likeness (QED) is 0.515. The van der Waals surface area contributed by atoms with Crippen LogP contribution < -0.4 is 0 Å². The van der Waals surface area contributed by atoms with Gasteiger partial charge in [-0.3, -0.25) is 0 Å². The molecular weight excluding hydrogens is 126 g/mol. The molecule has 0 bridgehead atoms. The summed E-state index contributed by atoms with van der Waals surface area (Å²) >= 11 is 0. The Morgan fingerprint density at radius 1 is 1.33 bits per heavy atom. The van der Waals surface area contributed by atoms with Gasteiger partial charge in [-0.15, -0.1) is 0 Å². The molecule has 2 nitrogen and oxygen atoms in total. The SMILES string of the molecule is CN(C)N1CC(F)(F)C1. The molecule has 1 saturated heterocycles. The van der Waals surface area contributed by atoms with Crippen molar-refractivity contribution in [2.45, 2.75) is 5.92 Å². The van der Waals surface area contributed by atoms with E-state index in [2.05, 4.69) is 0 Å². The van der Waals surface area contributed by atoms with Crippen LogP contribution >= 0.6 is 0 Å². The summed E-state index contributed by atoms with van der Waals surface area (Å²) in [6, 6.07) is 0. The normalized spacial score (nSPS) is 26.3. The van der Waals surface area contributed by atoms with Gasteiger partial charge in [0.1, 0.15) is 0 Å². The first kappa shape index (κ1) is 6.89. The van der Waals surface area contributed by atoms with E-state index in [1.54, 1.807) is 24.1 Å². The molecule has 0 aliphatic carbocycles. The maximum atomic E-state index is 12.1. The third-order valence-corrected chi connectivity index (χ3v) is 1.39. The van der Waals surface area contributed by atoms with Gasteiger partial charge in [0, 0.05) is 14.1 Å². The van der Waals surface area contributed by atoms with Crippen LogP contribution in [0, 0.1) is 0 Å². The summed E-state index contributed by atoms with van der Waals surface area (Å²) in [5.74, 6) is -2.44. The van der Waals surface area contributed by atoms with Crippen molar-refractivity contribution in [3.05, 3.63) is 0 Å². The van der Waals surface area contributed by atoms with Crippen LogP contribution in [0.15, 0.2) is 0 Å². The molecule has 0 N–H and O–H groups in total. The van der Waals surface area contributed by atoms with E-state index in [0.29, 0.717) is 0 Å². The number of halogens is 2. The van der Waals surface area contributed by atoms with E-state index >= 15 is 0 Å². The lowest BCUT2D eigenvalue weighted by Crippen LogP contribution is -2.60. The van der Waals surface area contributed by atoms with Crippen LogP contribution in [-0.4, -0.2) is 43.1 Å². The first-order valence-corrected chi connectivity index (χ1v) is 2.81. The van der Waals surface area contributed by atoms with Gasteiger partial charge >= 0.3 is 0 Å². The molecule has 0 amide bonds. The van der Waals surface area contributed by atoms with Gasteiger partial charge < -0.3 is 0 Å². The van der Waals surface area contributed by atoms with Crippen molar-refractivity contribution >= 4 is 0 Å². The fourth-order valence-electron chi connectivity index (χ4n) is 0.771. The summed E-state index contributed by atoms with van der Waals surface area (Å²) in [7, 11) is 3.52. The van der Waals surface area contributed by atoms with Gasteiger partial charge in [-0.2, -0.15) is 0 Å². The number of alkyl halides is 2. The average molecular weight is 136 g/mol. The van der Waals surface area contributed by atoms with Gasteiger partial charge in [-0.05, 0) is 0 Å². The lowest BCUT2D eigenvalue weighted by molar-refractivity contribution is -0.200. The van der Waals surface area contributed by atoms with E-state index in [0.717, 1.165) is 0 Å². The highest BCUT2D eigenvalue weighted by Crippen LogP contribution is 2.26. The molecule has 1 rings (SSSR count). The van der Waals surface area contributed by atoms with Gasteiger partial charge in [0.05, 0.1) is 13.1 Å². The molecule has 0 aromatic heterocycles. The molecule has 0 aromatic rings. The van der Waals surface area contributed by atoms with E-state index in [9.17, 15) is 8.78 Å². The Hall–Kier alpha value is -0.220. The second-order valence-electron chi connectivity index (χ2n) is 2.53. The minimum Gasteiger partial charge on any atom is -0.248 e. The highest BCUT2D eigenvalue weighted by Gasteiger charge is 2.44. The van der Waals surface area contributed by atoms with Crippen molar-refractivity contribution in [3.63, 3.8) is 0 Å². The van der Waals surface area contributed by atoms with E-state index in [-0.39, 0.29) is 13.1 Å². The smallest absolute Gasteiger partial charge is 0.248 e. The summed E-state index contributed by atoms with van der Waals surface area (Å²) in [5, 5.41) is 3.26. The zero-order valence-electron chi connectivity index (χ0n) is 5.56. The van der Waals surface area contributed by atoms with Gasteiger partial charge in [-0.1, -0.05) is 0 Å². The van der Waals surface area contributed by atoms with Crippen molar-refractivity contribution in [1.29, 1.82) is 0 Å². The maximum absolute atomic E-state index is 12.1. The molecule has 0 aromatic carbocycles. The third kappa shape index (κ3) is 1.37. The Bertz CT molecular complexity index is 106. The molecule has 9 heavy (non-hydrogen) atoms. The average Bonchev–Trinajstić information content (AvgIpc) is 1.59. The predicted molar refractivity (Wildman–Crippen MR) is 30.2 cm³/mol. The molecule has 0 unspecified atom stereocenters. The molecule has 1 aliphatic heterocycles. The lowest BCUT2D eigenvalue weighted by atomic mass is 10.2. The van der Waals surface area contributed by atoms with Crippen molar-refractivity contribution in [3.8, 4) is 0 Å². The number of hydrazine groups is 1. The maximum Gasteiger partial charge on any atom is 0.275 e. The molecule has 54 valence electrons. The second kappa shape index (κ2) is 1.88. The Morgan fingerprint density at radius 2 is 1.78 bits per heavy atom. The van der Waals surface area contributed by atoms with Gasteiger partial charge in [0.25, 0.3) is 5.92 Å². The standard InChI is InChI=1S/C5H10F2N2/c1-8(2)9-3-5(6,7)4-9/h3-4H2,1-2H3. The van der Waals surface area contributed by atoms with Crippen LogP contribution in [0.5, 0.6) is 0 Å². The summed E-state index contributed by atoms with van der Waals surface area (Å²) in [5.41, 5.74) is 0. The van der Waals surface area contributed by atoms with Gasteiger partial charge in [0.15, 0.2) is 0 Å². The van der Waals surface area contributed by atoms with Crippen molar-refractivity contribution in [2.24, 2.45) is 0 Å². The molecule has 0 radical (unpaired) electrons. The number of nitrogens with zero attached hydrogens (tertiary/aromatic N) is 2. The van der Waals surface area contributed by atoms with Crippen LogP contribution in [-0.2, 0) is 0 Å². The lowest BCUT2D eigenvalue weighted by Gasteiger charge is -2.42. The van der Waals surface area contributed by atoms with Crippen molar-refractivity contribution in [1.82, 2.24) is 10.0 Å². The second-order valence-corrected chi connectivity index (χ2v) is 2.53. The molecule has 1 heterocycles. The van der Waals surface area contributed by atoms with E-state index in [1.807, 2.05) is 0 Å². The number of rotatable bonds is 1. The van der Waals surface area contributed by atoms with E-state index in [1.165, 1.54) is 0 Å². The topological polar surface area (TPSA) is 6.48 Å². The number of hydrogen-bond acceptors (Lipinski definition) is 2. The molecule has 4 heteroatoms. The Morgan fingerprint density at radius 3 is 1.89 bits per heavy atom. The highest BCUT2D eigenvalue weighted by atomic mass is 19.3. The van der Waals surface area contributed by atoms with Gasteiger partial charge in [-0.25, -0.2) is 18.8 Å². The van der Waals surface area contributed by atoms with Crippen LogP contribution in [0.1, 0.15) is 0 Å². The fourth-order valence-corrected chi connectivity index (χ4v) is 0.771. The zero-order chi connectivity index (χ0) is 7.07. The first-order valence-electron chi connectivity index (χ1n) is 2.81. The van der Waals surface area contributed by atoms with Gasteiger partial charge in [0.2, 0.25) is 0 Å². The van der Waals surface area contributed by atoms with E-state index in [4.69, 9.17) is 0 Å². The first-order chi connectivity index (χ1) is 4.01. The van der Waals surface area contributed by atoms with Crippen LogP contribution in [0.25, 0.3) is 0 Å². The summed E-state index contributed by atoms with van der Waals surface area (Å²) in [6.07, 6.45) is 0. The molecule has 0 saturated carbocycles. The highest BCUT2D eigenvalue weighted by molar-refractivity contribution is 4.84. The fraction of sp³-hybridized carbons (Fsp3) is 1.00.